The van der Waals surface area contributed by atoms with Gasteiger partial charge in [-0.25, -0.2) is 0 Å². The van der Waals surface area contributed by atoms with Crippen LogP contribution in [-0.2, 0) is 9.53 Å². The van der Waals surface area contributed by atoms with Gasteiger partial charge in [-0.1, -0.05) is 0 Å². The SMILES string of the molecule is CCOC(=O)[C@@H]1CCCN(C)C1. The van der Waals surface area contributed by atoms with Gasteiger partial charge < -0.3 is 9.64 Å². The van der Waals surface area contributed by atoms with E-state index in [1.165, 1.54) is 0 Å². The van der Waals surface area contributed by atoms with Crippen molar-refractivity contribution in [2.45, 2.75) is 19.8 Å². The molecule has 1 rings (SSSR count). The third-order valence-corrected chi connectivity index (χ3v) is 2.24. The van der Waals surface area contributed by atoms with Crippen LogP contribution in [-0.4, -0.2) is 37.6 Å². The summed E-state index contributed by atoms with van der Waals surface area (Å²) in [5, 5.41) is 0. The van der Waals surface area contributed by atoms with Gasteiger partial charge in [0.05, 0.1) is 12.5 Å². The molecule has 0 aromatic rings. The lowest BCUT2D eigenvalue weighted by atomic mass is 9.99. The van der Waals surface area contributed by atoms with Crippen molar-refractivity contribution in [1.82, 2.24) is 4.90 Å². The zero-order valence-corrected chi connectivity index (χ0v) is 7.88. The number of carbonyl (C=O) groups is 1. The van der Waals surface area contributed by atoms with Crippen LogP contribution in [0.4, 0.5) is 0 Å². The monoisotopic (exact) mass is 171 g/mol. The Balaban J connectivity index is 2.35. The lowest BCUT2D eigenvalue weighted by Gasteiger charge is -2.27. The number of piperidine rings is 1. The molecule has 3 nitrogen and oxygen atoms in total. The zero-order valence-electron chi connectivity index (χ0n) is 7.88. The molecule has 0 N–H and O–H groups in total. The van der Waals surface area contributed by atoms with Gasteiger partial charge in [0.15, 0.2) is 0 Å². The Morgan fingerprint density at radius 3 is 3.00 bits per heavy atom. The second-order valence-electron chi connectivity index (χ2n) is 3.35. The summed E-state index contributed by atoms with van der Waals surface area (Å²) in [5.41, 5.74) is 0. The summed E-state index contributed by atoms with van der Waals surface area (Å²) in [4.78, 5) is 13.5. The van der Waals surface area contributed by atoms with E-state index in [1.807, 2.05) is 14.0 Å². The molecule has 0 spiro atoms. The largest absolute Gasteiger partial charge is 0.466 e. The van der Waals surface area contributed by atoms with Crippen molar-refractivity contribution in [2.24, 2.45) is 5.92 Å². The highest BCUT2D eigenvalue weighted by molar-refractivity contribution is 5.72. The predicted octanol–water partition coefficient (Wildman–Crippen LogP) is 0.891. The van der Waals surface area contributed by atoms with E-state index in [9.17, 15) is 4.79 Å². The predicted molar refractivity (Wildman–Crippen MR) is 46.9 cm³/mol. The first-order valence-electron chi connectivity index (χ1n) is 4.59. The molecule has 1 saturated heterocycles. The van der Waals surface area contributed by atoms with Gasteiger partial charge in [-0.15, -0.1) is 0 Å². The molecule has 12 heavy (non-hydrogen) atoms. The van der Waals surface area contributed by atoms with E-state index in [2.05, 4.69) is 4.90 Å². The van der Waals surface area contributed by atoms with Crippen molar-refractivity contribution in [1.29, 1.82) is 0 Å². The highest BCUT2D eigenvalue weighted by Gasteiger charge is 2.24. The van der Waals surface area contributed by atoms with Crippen LogP contribution in [0.5, 0.6) is 0 Å². The topological polar surface area (TPSA) is 29.5 Å². The Morgan fingerprint density at radius 2 is 2.42 bits per heavy atom. The average Bonchev–Trinajstić information content (AvgIpc) is 2.05. The first kappa shape index (κ1) is 9.52. The van der Waals surface area contributed by atoms with E-state index in [1.54, 1.807) is 0 Å². The number of ether oxygens (including phenoxy) is 1. The molecule has 0 aromatic heterocycles. The number of carbonyl (C=O) groups excluding carboxylic acids is 1. The minimum atomic E-state index is -0.0240. The van der Waals surface area contributed by atoms with E-state index in [0.29, 0.717) is 6.61 Å². The lowest BCUT2D eigenvalue weighted by molar-refractivity contribution is -0.149. The molecule has 0 amide bonds. The molecule has 0 unspecified atom stereocenters. The average molecular weight is 171 g/mol. The van der Waals surface area contributed by atoms with Crippen LogP contribution in [0.25, 0.3) is 0 Å². The first-order valence-corrected chi connectivity index (χ1v) is 4.59. The Hall–Kier alpha value is -0.570. The summed E-state index contributed by atoms with van der Waals surface area (Å²) in [7, 11) is 2.05. The summed E-state index contributed by atoms with van der Waals surface area (Å²) in [6.45, 7) is 4.32. The molecule has 0 saturated carbocycles. The van der Waals surface area contributed by atoms with E-state index in [-0.39, 0.29) is 11.9 Å². The summed E-state index contributed by atoms with van der Waals surface area (Å²) in [6, 6.07) is 0. The Bertz CT molecular complexity index is 159. The highest BCUT2D eigenvalue weighted by Crippen LogP contribution is 2.16. The molecule has 3 heteroatoms. The maximum absolute atomic E-state index is 11.3. The molecule has 1 heterocycles. The normalized spacial score (nSPS) is 25.3. The van der Waals surface area contributed by atoms with Gasteiger partial charge in [0.25, 0.3) is 0 Å². The second-order valence-corrected chi connectivity index (χ2v) is 3.35. The smallest absolute Gasteiger partial charge is 0.310 e. The molecule has 1 atom stereocenters. The molecule has 0 aromatic carbocycles. The molecule has 1 aliphatic rings. The summed E-state index contributed by atoms with van der Waals surface area (Å²) in [5.74, 6) is 0.0905. The summed E-state index contributed by atoms with van der Waals surface area (Å²) in [6.07, 6.45) is 2.10. The fourth-order valence-corrected chi connectivity index (χ4v) is 1.62. The summed E-state index contributed by atoms with van der Waals surface area (Å²) < 4.78 is 4.96. The van der Waals surface area contributed by atoms with E-state index >= 15 is 0 Å². The fourth-order valence-electron chi connectivity index (χ4n) is 1.62. The molecular weight excluding hydrogens is 154 g/mol. The van der Waals surface area contributed by atoms with Gasteiger partial charge in [-0.3, -0.25) is 4.79 Å². The minimum absolute atomic E-state index is 0.0240. The van der Waals surface area contributed by atoms with Crippen LogP contribution in [0.3, 0.4) is 0 Å². The van der Waals surface area contributed by atoms with Crippen LogP contribution in [0.15, 0.2) is 0 Å². The van der Waals surface area contributed by atoms with Crippen LogP contribution in [0.2, 0.25) is 0 Å². The summed E-state index contributed by atoms with van der Waals surface area (Å²) >= 11 is 0. The maximum atomic E-state index is 11.3. The third-order valence-electron chi connectivity index (χ3n) is 2.24. The number of hydrogen-bond acceptors (Lipinski definition) is 3. The zero-order chi connectivity index (χ0) is 8.97. The van der Waals surface area contributed by atoms with Gasteiger partial charge in [-0.05, 0) is 33.4 Å². The molecule has 1 aliphatic heterocycles. The highest BCUT2D eigenvalue weighted by atomic mass is 16.5. The molecule has 0 aliphatic carbocycles. The van der Waals surface area contributed by atoms with Gasteiger partial charge in [0, 0.05) is 6.54 Å². The van der Waals surface area contributed by atoms with Crippen molar-refractivity contribution < 1.29 is 9.53 Å². The van der Waals surface area contributed by atoms with Crippen molar-refractivity contribution in [3.63, 3.8) is 0 Å². The quantitative estimate of drug-likeness (QED) is 0.578. The van der Waals surface area contributed by atoms with Gasteiger partial charge in [-0.2, -0.15) is 0 Å². The Morgan fingerprint density at radius 1 is 1.67 bits per heavy atom. The van der Waals surface area contributed by atoms with Crippen molar-refractivity contribution in [3.05, 3.63) is 0 Å². The maximum Gasteiger partial charge on any atom is 0.310 e. The van der Waals surface area contributed by atoms with Crippen LogP contribution >= 0.6 is 0 Å². The van der Waals surface area contributed by atoms with E-state index in [4.69, 9.17) is 4.74 Å². The lowest BCUT2D eigenvalue weighted by Crippen LogP contribution is -2.36. The molecule has 1 fully saturated rings. The fraction of sp³-hybridized carbons (Fsp3) is 0.889. The van der Waals surface area contributed by atoms with Crippen molar-refractivity contribution in [3.8, 4) is 0 Å². The molecule has 70 valence electrons. The minimum Gasteiger partial charge on any atom is -0.466 e. The number of nitrogens with zero attached hydrogens (tertiary/aromatic N) is 1. The van der Waals surface area contributed by atoms with Gasteiger partial charge in [0.1, 0.15) is 0 Å². The van der Waals surface area contributed by atoms with E-state index in [0.717, 1.165) is 25.9 Å². The van der Waals surface area contributed by atoms with Gasteiger partial charge >= 0.3 is 5.97 Å². The number of esters is 1. The number of hydrogen-bond donors (Lipinski definition) is 0. The molecule has 0 radical (unpaired) electrons. The first-order chi connectivity index (χ1) is 5.74. The Labute approximate surface area is 73.7 Å². The van der Waals surface area contributed by atoms with Crippen LogP contribution < -0.4 is 0 Å². The standard InChI is InChI=1S/C9H17NO2/c1-3-12-9(11)8-5-4-6-10(2)7-8/h8H,3-7H2,1-2H3/t8-/m1/s1. The Kier molecular flexibility index (Phi) is 3.53. The van der Waals surface area contributed by atoms with E-state index < -0.39 is 0 Å². The van der Waals surface area contributed by atoms with Crippen LogP contribution in [0, 0.1) is 5.92 Å². The number of likely N-dealkylation sites (tertiary alicyclic amines) is 1. The number of rotatable bonds is 2. The van der Waals surface area contributed by atoms with Crippen LogP contribution in [0.1, 0.15) is 19.8 Å². The van der Waals surface area contributed by atoms with Gasteiger partial charge in [0.2, 0.25) is 0 Å². The van der Waals surface area contributed by atoms with Crippen molar-refractivity contribution in [2.75, 3.05) is 26.7 Å². The third kappa shape index (κ3) is 2.48. The van der Waals surface area contributed by atoms with Crippen molar-refractivity contribution >= 4 is 5.97 Å². The second kappa shape index (κ2) is 4.45. The molecular formula is C9H17NO2. The molecule has 0 bridgehead atoms.